The maximum atomic E-state index is 5.37. The Morgan fingerprint density at radius 1 is 1.47 bits per heavy atom. The van der Waals surface area contributed by atoms with E-state index in [1.807, 2.05) is 17.7 Å². The van der Waals surface area contributed by atoms with Crippen LogP contribution < -0.4 is 5.32 Å². The van der Waals surface area contributed by atoms with Crippen molar-refractivity contribution in [2.75, 3.05) is 6.54 Å². The molecule has 1 N–H and O–H groups in total. The van der Waals surface area contributed by atoms with E-state index in [1.165, 1.54) is 0 Å². The fraction of sp³-hybridized carbons (Fsp3) is 0.500. The zero-order chi connectivity index (χ0) is 12.3. The Bertz CT molecular complexity index is 474. The number of hydrogen-bond donors (Lipinski definition) is 1. The molecule has 0 saturated carbocycles. The van der Waals surface area contributed by atoms with Crippen LogP contribution in [0.5, 0.6) is 0 Å². The summed E-state index contributed by atoms with van der Waals surface area (Å²) in [5.74, 6) is 0.915. The van der Waals surface area contributed by atoms with Crippen LogP contribution in [-0.2, 0) is 6.54 Å². The zero-order valence-electron chi connectivity index (χ0n) is 10.5. The van der Waals surface area contributed by atoms with Crippen LogP contribution in [0, 0.1) is 6.92 Å². The molecule has 2 aromatic heterocycles. The molecular weight excluding hydrogens is 216 g/mol. The van der Waals surface area contributed by atoms with Crippen molar-refractivity contribution in [3.8, 4) is 0 Å². The van der Waals surface area contributed by atoms with Gasteiger partial charge < -0.3 is 9.73 Å². The normalized spacial score (nSPS) is 12.9. The summed E-state index contributed by atoms with van der Waals surface area (Å²) in [4.78, 5) is 0. The Hall–Kier alpha value is -1.62. The Morgan fingerprint density at radius 3 is 2.88 bits per heavy atom. The maximum absolute atomic E-state index is 5.37. The lowest BCUT2D eigenvalue weighted by Gasteiger charge is -2.16. The molecule has 2 aromatic rings. The van der Waals surface area contributed by atoms with Gasteiger partial charge in [0.2, 0.25) is 0 Å². The largest absolute Gasteiger partial charge is 0.469 e. The molecule has 17 heavy (non-hydrogen) atoms. The Morgan fingerprint density at radius 2 is 2.29 bits per heavy atom. The molecule has 0 aliphatic heterocycles. The van der Waals surface area contributed by atoms with Crippen LogP contribution in [0.3, 0.4) is 0 Å². The second-order valence-corrected chi connectivity index (χ2v) is 3.96. The van der Waals surface area contributed by atoms with Gasteiger partial charge in [0.05, 0.1) is 24.2 Å². The fourth-order valence-corrected chi connectivity index (χ4v) is 1.95. The summed E-state index contributed by atoms with van der Waals surface area (Å²) >= 11 is 0. The summed E-state index contributed by atoms with van der Waals surface area (Å²) in [5.41, 5.74) is 2.18. The van der Waals surface area contributed by atoms with Gasteiger partial charge in [-0.1, -0.05) is 12.1 Å². The Labute approximate surface area is 101 Å². The molecule has 2 heterocycles. The highest BCUT2D eigenvalue weighted by Gasteiger charge is 2.19. The molecule has 0 fully saturated rings. The zero-order valence-corrected chi connectivity index (χ0v) is 10.5. The van der Waals surface area contributed by atoms with Gasteiger partial charge in [-0.3, -0.25) is 0 Å². The molecule has 0 bridgehead atoms. The van der Waals surface area contributed by atoms with Crippen LogP contribution >= 0.6 is 0 Å². The van der Waals surface area contributed by atoms with Crippen LogP contribution in [0.2, 0.25) is 0 Å². The molecule has 92 valence electrons. The van der Waals surface area contributed by atoms with Gasteiger partial charge >= 0.3 is 0 Å². The number of nitrogens with zero attached hydrogens (tertiary/aromatic N) is 3. The van der Waals surface area contributed by atoms with E-state index in [0.29, 0.717) is 0 Å². The highest BCUT2D eigenvalue weighted by atomic mass is 16.3. The van der Waals surface area contributed by atoms with Crippen molar-refractivity contribution in [3.05, 3.63) is 35.5 Å². The standard InChI is InChI=1S/C12H18N4O/c1-4-13-12(10-6-9(3)17-8-10)11-7-14-15-16(11)5-2/h6-8,12-13H,4-5H2,1-3H3. The minimum Gasteiger partial charge on any atom is -0.469 e. The van der Waals surface area contributed by atoms with Crippen LogP contribution in [-0.4, -0.2) is 21.5 Å². The van der Waals surface area contributed by atoms with Gasteiger partial charge in [0.15, 0.2) is 0 Å². The third-order valence-electron chi connectivity index (χ3n) is 2.74. The fourth-order valence-electron chi connectivity index (χ4n) is 1.95. The van der Waals surface area contributed by atoms with Gasteiger partial charge in [0, 0.05) is 12.1 Å². The maximum Gasteiger partial charge on any atom is 0.101 e. The molecule has 0 spiro atoms. The predicted octanol–water partition coefficient (Wildman–Crippen LogP) is 1.90. The molecule has 0 radical (unpaired) electrons. The SMILES string of the molecule is CCNC(c1coc(C)c1)c1cnnn1CC. The highest BCUT2D eigenvalue weighted by molar-refractivity contribution is 5.25. The first-order valence-electron chi connectivity index (χ1n) is 5.93. The molecule has 0 amide bonds. The quantitative estimate of drug-likeness (QED) is 0.858. The van der Waals surface area contributed by atoms with Gasteiger partial charge in [-0.15, -0.1) is 5.10 Å². The van der Waals surface area contributed by atoms with Crippen molar-refractivity contribution in [1.29, 1.82) is 0 Å². The monoisotopic (exact) mass is 234 g/mol. The highest BCUT2D eigenvalue weighted by Crippen LogP contribution is 2.23. The summed E-state index contributed by atoms with van der Waals surface area (Å²) in [7, 11) is 0. The molecule has 0 saturated heterocycles. The minimum absolute atomic E-state index is 0.0902. The molecule has 5 heteroatoms. The first-order chi connectivity index (χ1) is 8.26. The topological polar surface area (TPSA) is 55.9 Å². The van der Waals surface area contributed by atoms with Crippen molar-refractivity contribution >= 4 is 0 Å². The van der Waals surface area contributed by atoms with Crippen molar-refractivity contribution < 1.29 is 4.42 Å². The van der Waals surface area contributed by atoms with Gasteiger partial charge in [0.1, 0.15) is 5.76 Å². The number of furan rings is 1. The minimum atomic E-state index is 0.0902. The number of aryl methyl sites for hydroxylation is 2. The van der Waals surface area contributed by atoms with Crippen LogP contribution in [0.4, 0.5) is 0 Å². The van der Waals surface area contributed by atoms with E-state index in [0.717, 1.165) is 30.1 Å². The van der Waals surface area contributed by atoms with Crippen molar-refractivity contribution in [1.82, 2.24) is 20.3 Å². The molecule has 0 aliphatic rings. The van der Waals surface area contributed by atoms with E-state index in [9.17, 15) is 0 Å². The predicted molar refractivity (Wildman–Crippen MR) is 64.7 cm³/mol. The van der Waals surface area contributed by atoms with E-state index in [1.54, 1.807) is 12.5 Å². The van der Waals surface area contributed by atoms with E-state index < -0.39 is 0 Å². The third-order valence-corrected chi connectivity index (χ3v) is 2.74. The van der Waals surface area contributed by atoms with Crippen molar-refractivity contribution in [3.63, 3.8) is 0 Å². The molecule has 1 atom stereocenters. The summed E-state index contributed by atoms with van der Waals surface area (Å²) in [6, 6.07) is 2.13. The van der Waals surface area contributed by atoms with Crippen molar-refractivity contribution in [2.45, 2.75) is 33.4 Å². The van der Waals surface area contributed by atoms with Crippen LogP contribution in [0.15, 0.2) is 22.9 Å². The summed E-state index contributed by atoms with van der Waals surface area (Å²) in [6.07, 6.45) is 3.59. The lowest BCUT2D eigenvalue weighted by atomic mass is 10.1. The van der Waals surface area contributed by atoms with Gasteiger partial charge in [0.25, 0.3) is 0 Å². The smallest absolute Gasteiger partial charge is 0.101 e. The molecule has 1 unspecified atom stereocenters. The number of nitrogens with one attached hydrogen (secondary N) is 1. The van der Waals surface area contributed by atoms with Crippen LogP contribution in [0.1, 0.15) is 36.9 Å². The first-order valence-corrected chi connectivity index (χ1v) is 5.93. The first kappa shape index (κ1) is 11.9. The Kier molecular flexibility index (Phi) is 3.58. The summed E-state index contributed by atoms with van der Waals surface area (Å²) in [6.45, 7) is 7.78. The van der Waals surface area contributed by atoms with Gasteiger partial charge in [-0.25, -0.2) is 4.68 Å². The van der Waals surface area contributed by atoms with E-state index in [-0.39, 0.29) is 6.04 Å². The second kappa shape index (κ2) is 5.14. The average molecular weight is 234 g/mol. The lowest BCUT2D eigenvalue weighted by molar-refractivity contribution is 0.512. The number of rotatable bonds is 5. The van der Waals surface area contributed by atoms with E-state index in [4.69, 9.17) is 4.42 Å². The number of aromatic nitrogens is 3. The van der Waals surface area contributed by atoms with Crippen LogP contribution in [0.25, 0.3) is 0 Å². The molecule has 0 aromatic carbocycles. The molecule has 2 rings (SSSR count). The van der Waals surface area contributed by atoms with Crippen molar-refractivity contribution in [2.24, 2.45) is 0 Å². The summed E-state index contributed by atoms with van der Waals surface area (Å²) < 4.78 is 7.27. The second-order valence-electron chi connectivity index (χ2n) is 3.96. The molecule has 5 nitrogen and oxygen atoms in total. The van der Waals surface area contributed by atoms with E-state index in [2.05, 4.69) is 29.5 Å². The third kappa shape index (κ3) is 2.39. The van der Waals surface area contributed by atoms with E-state index >= 15 is 0 Å². The number of hydrogen-bond acceptors (Lipinski definition) is 4. The lowest BCUT2D eigenvalue weighted by Crippen LogP contribution is -2.24. The Balaban J connectivity index is 2.35. The molecular formula is C12H18N4O. The summed E-state index contributed by atoms with van der Waals surface area (Å²) in [5, 5.41) is 11.5. The van der Waals surface area contributed by atoms with Gasteiger partial charge in [-0.2, -0.15) is 0 Å². The molecule has 0 aliphatic carbocycles. The average Bonchev–Trinajstić information content (AvgIpc) is 2.94. The van der Waals surface area contributed by atoms with Gasteiger partial charge in [-0.05, 0) is 26.5 Å².